The number of hydrogen-bond donors (Lipinski definition) is 1. The quantitative estimate of drug-likeness (QED) is 0.0374. The molecule has 0 bridgehead atoms. The van der Waals surface area contributed by atoms with Crippen molar-refractivity contribution in [2.45, 2.75) is 302 Å². The van der Waals surface area contributed by atoms with Crippen molar-refractivity contribution in [3.63, 3.8) is 0 Å². The van der Waals surface area contributed by atoms with Crippen LogP contribution in [0.4, 0.5) is 0 Å². The summed E-state index contributed by atoms with van der Waals surface area (Å²) in [5.74, 6) is -0.585. The van der Waals surface area contributed by atoms with E-state index in [0.29, 0.717) is 12.8 Å². The van der Waals surface area contributed by atoms with Crippen LogP contribution in [0, 0.1) is 0 Å². The van der Waals surface area contributed by atoms with E-state index in [9.17, 15) is 14.7 Å². The lowest BCUT2D eigenvalue weighted by molar-refractivity contribution is -0.161. The molecule has 0 aliphatic rings. The molecule has 1 atom stereocenters. The number of carbonyl (C=O) groups excluding carboxylic acids is 2. The van der Waals surface area contributed by atoms with E-state index in [4.69, 9.17) is 9.47 Å². The number of unbranched alkanes of at least 4 members (excludes halogenated alkanes) is 35. The third-order valence-corrected chi connectivity index (χ3v) is 12.8. The van der Waals surface area contributed by atoms with Crippen molar-refractivity contribution in [1.82, 2.24) is 0 Å². The third kappa shape index (κ3) is 54.2. The number of aliphatic hydroxyl groups excluding tert-OH is 1. The maximum atomic E-state index is 12.3. The second-order valence-electron chi connectivity index (χ2n) is 19.4. The lowest BCUT2D eigenvalue weighted by Crippen LogP contribution is -2.28. The van der Waals surface area contributed by atoms with Gasteiger partial charge in [-0.2, -0.15) is 0 Å². The molecule has 0 aliphatic carbocycles. The third-order valence-electron chi connectivity index (χ3n) is 12.8. The Morgan fingerprint density at radius 2 is 0.606 bits per heavy atom. The first-order valence-corrected chi connectivity index (χ1v) is 28.8. The molecule has 0 aliphatic heterocycles. The van der Waals surface area contributed by atoms with E-state index < -0.39 is 6.10 Å². The second-order valence-corrected chi connectivity index (χ2v) is 19.4. The van der Waals surface area contributed by atoms with Crippen LogP contribution in [0.15, 0.2) is 60.8 Å². The van der Waals surface area contributed by atoms with Gasteiger partial charge in [0.1, 0.15) is 6.61 Å². The maximum absolute atomic E-state index is 12.3. The Balaban J connectivity index is 3.47. The number of allylic oxidation sites excluding steroid dienone is 10. The first-order chi connectivity index (χ1) is 32.6. The molecule has 0 aromatic carbocycles. The van der Waals surface area contributed by atoms with Crippen LogP contribution >= 0.6 is 0 Å². The van der Waals surface area contributed by atoms with E-state index in [0.717, 1.165) is 57.8 Å². The van der Waals surface area contributed by atoms with Crippen molar-refractivity contribution < 1.29 is 24.2 Å². The van der Waals surface area contributed by atoms with Crippen molar-refractivity contribution in [2.24, 2.45) is 0 Å². The number of carbonyl (C=O) groups is 2. The van der Waals surface area contributed by atoms with Crippen molar-refractivity contribution in [3.8, 4) is 0 Å². The molecule has 0 saturated carbocycles. The van der Waals surface area contributed by atoms with E-state index in [1.54, 1.807) is 0 Å². The Kier molecular flexibility index (Phi) is 54.9. The number of esters is 2. The predicted octanol–water partition coefficient (Wildman–Crippen LogP) is 19.4. The van der Waals surface area contributed by atoms with Crippen LogP contribution < -0.4 is 0 Å². The molecule has 0 saturated heterocycles. The Morgan fingerprint density at radius 1 is 0.348 bits per heavy atom. The Bertz CT molecular complexity index is 1130. The van der Waals surface area contributed by atoms with Gasteiger partial charge in [0.05, 0.1) is 6.61 Å². The van der Waals surface area contributed by atoms with Gasteiger partial charge in [-0.3, -0.25) is 9.59 Å². The highest BCUT2D eigenvalue weighted by atomic mass is 16.6. The molecule has 0 radical (unpaired) electrons. The van der Waals surface area contributed by atoms with Gasteiger partial charge in [0, 0.05) is 12.8 Å². The molecule has 0 amide bonds. The molecule has 5 nitrogen and oxygen atoms in total. The number of hydrogen-bond acceptors (Lipinski definition) is 5. The molecular formula is C61H110O5. The second kappa shape index (κ2) is 56.9. The largest absolute Gasteiger partial charge is 0.462 e. The van der Waals surface area contributed by atoms with E-state index in [1.807, 2.05) is 0 Å². The molecule has 66 heavy (non-hydrogen) atoms. The fraction of sp³-hybridized carbons (Fsp3) is 0.803. The minimum absolute atomic E-state index is 0.0671. The molecule has 0 fully saturated rings. The Labute approximate surface area is 411 Å². The van der Waals surface area contributed by atoms with Crippen molar-refractivity contribution in [1.29, 1.82) is 0 Å². The van der Waals surface area contributed by atoms with Crippen LogP contribution in [0.5, 0.6) is 0 Å². The summed E-state index contributed by atoms with van der Waals surface area (Å²) in [6, 6.07) is 0. The Morgan fingerprint density at radius 3 is 0.909 bits per heavy atom. The first-order valence-electron chi connectivity index (χ1n) is 28.8. The van der Waals surface area contributed by atoms with Gasteiger partial charge in [0.2, 0.25) is 0 Å². The van der Waals surface area contributed by atoms with E-state index in [1.165, 1.54) is 212 Å². The standard InChI is InChI=1S/C61H110O5/c1-3-5-7-9-11-13-15-17-19-21-23-25-26-27-28-29-30-31-32-33-34-36-38-40-42-44-46-48-50-52-54-56-61(64)66-59(57-62)58-65-60(63)55-53-51-49-47-45-43-41-39-37-35-24-22-20-18-16-14-12-10-8-6-4-2/h15-18,21-24,26-27,59,62H,3-14,19-20,25,28-58H2,1-2H3/b17-15-,18-16-,23-21-,24-22-,27-26-. The first kappa shape index (κ1) is 63.6. The molecule has 0 spiro atoms. The molecule has 384 valence electrons. The fourth-order valence-electron chi connectivity index (χ4n) is 8.42. The summed E-state index contributed by atoms with van der Waals surface area (Å²) in [5, 5.41) is 9.65. The van der Waals surface area contributed by atoms with Crippen molar-refractivity contribution in [2.75, 3.05) is 13.2 Å². The smallest absolute Gasteiger partial charge is 0.306 e. The molecule has 0 rings (SSSR count). The normalized spacial score (nSPS) is 12.6. The van der Waals surface area contributed by atoms with Crippen molar-refractivity contribution in [3.05, 3.63) is 60.8 Å². The van der Waals surface area contributed by atoms with Gasteiger partial charge in [0.25, 0.3) is 0 Å². The van der Waals surface area contributed by atoms with Gasteiger partial charge < -0.3 is 14.6 Å². The lowest BCUT2D eigenvalue weighted by Gasteiger charge is -2.15. The van der Waals surface area contributed by atoms with Crippen LogP contribution in [-0.4, -0.2) is 36.4 Å². The molecule has 0 heterocycles. The molecule has 1 N–H and O–H groups in total. The SMILES string of the molecule is CCCCCCC/C=C\C/C=C\C/C=C\CCCCCCCCCCCCCCCCCCC(=O)OC(CO)COC(=O)CCCCCCCCCCC/C=C\C/C=C\CCCCCCC. The summed E-state index contributed by atoms with van der Waals surface area (Å²) in [5.41, 5.74) is 0. The molecular weight excluding hydrogens is 813 g/mol. The van der Waals surface area contributed by atoms with E-state index in [-0.39, 0.29) is 25.2 Å². The van der Waals surface area contributed by atoms with Crippen LogP contribution in [0.1, 0.15) is 296 Å². The van der Waals surface area contributed by atoms with Gasteiger partial charge in [-0.1, -0.05) is 261 Å². The average Bonchev–Trinajstić information content (AvgIpc) is 3.32. The van der Waals surface area contributed by atoms with Crippen LogP contribution in [0.3, 0.4) is 0 Å². The summed E-state index contributed by atoms with van der Waals surface area (Å²) in [6.07, 6.45) is 76.2. The summed E-state index contributed by atoms with van der Waals surface area (Å²) < 4.78 is 10.7. The van der Waals surface area contributed by atoms with Crippen LogP contribution in [-0.2, 0) is 19.1 Å². The highest BCUT2D eigenvalue weighted by Gasteiger charge is 2.16. The summed E-state index contributed by atoms with van der Waals surface area (Å²) in [4.78, 5) is 24.5. The van der Waals surface area contributed by atoms with Crippen LogP contribution in [0.2, 0.25) is 0 Å². The van der Waals surface area contributed by atoms with E-state index >= 15 is 0 Å². The van der Waals surface area contributed by atoms with E-state index in [2.05, 4.69) is 74.6 Å². The number of ether oxygens (including phenoxy) is 2. The zero-order valence-electron chi connectivity index (χ0n) is 44.0. The van der Waals surface area contributed by atoms with Crippen LogP contribution in [0.25, 0.3) is 0 Å². The zero-order valence-corrected chi connectivity index (χ0v) is 44.0. The summed E-state index contributed by atoms with van der Waals surface area (Å²) >= 11 is 0. The highest BCUT2D eigenvalue weighted by Crippen LogP contribution is 2.16. The predicted molar refractivity (Wildman–Crippen MR) is 288 cm³/mol. The molecule has 0 aromatic heterocycles. The van der Waals surface area contributed by atoms with Gasteiger partial charge in [-0.25, -0.2) is 0 Å². The Hall–Kier alpha value is -2.40. The monoisotopic (exact) mass is 923 g/mol. The molecule has 0 aromatic rings. The summed E-state index contributed by atoms with van der Waals surface area (Å²) in [7, 11) is 0. The topological polar surface area (TPSA) is 72.8 Å². The number of rotatable bonds is 53. The van der Waals surface area contributed by atoms with Crippen molar-refractivity contribution >= 4 is 11.9 Å². The van der Waals surface area contributed by atoms with Gasteiger partial charge in [-0.15, -0.1) is 0 Å². The number of aliphatic hydroxyl groups is 1. The minimum atomic E-state index is -0.775. The summed E-state index contributed by atoms with van der Waals surface area (Å²) in [6.45, 7) is 4.14. The fourth-order valence-corrected chi connectivity index (χ4v) is 8.42. The molecule has 1 unspecified atom stereocenters. The highest BCUT2D eigenvalue weighted by molar-refractivity contribution is 5.70. The van der Waals surface area contributed by atoms with Gasteiger partial charge in [0.15, 0.2) is 6.10 Å². The minimum Gasteiger partial charge on any atom is -0.462 e. The van der Waals surface area contributed by atoms with Gasteiger partial charge >= 0.3 is 11.9 Å². The zero-order chi connectivity index (χ0) is 47.7. The lowest BCUT2D eigenvalue weighted by atomic mass is 10.0. The average molecular weight is 924 g/mol. The van der Waals surface area contributed by atoms with Gasteiger partial charge in [-0.05, 0) is 83.5 Å². The maximum Gasteiger partial charge on any atom is 0.306 e. The molecule has 5 heteroatoms.